The van der Waals surface area contributed by atoms with E-state index in [1.54, 1.807) is 31.2 Å². The number of aliphatic hydroxyl groups is 3. The molecule has 0 fully saturated rings. The Morgan fingerprint density at radius 2 is 1.88 bits per heavy atom. The Labute approximate surface area is 99.8 Å². The summed E-state index contributed by atoms with van der Waals surface area (Å²) in [5.74, 6) is -0.475. The molecule has 0 radical (unpaired) electrons. The molecule has 1 aromatic carbocycles. The molecule has 0 amide bonds. The van der Waals surface area contributed by atoms with Crippen LogP contribution in [0.15, 0.2) is 41.7 Å². The molecule has 17 heavy (non-hydrogen) atoms. The Kier molecular flexibility index (Phi) is 4.87. The summed E-state index contributed by atoms with van der Waals surface area (Å²) in [5.41, 5.74) is 0.915. The summed E-state index contributed by atoms with van der Waals surface area (Å²) in [5, 5.41) is 27.4. The van der Waals surface area contributed by atoms with E-state index in [1.165, 1.54) is 0 Å². The summed E-state index contributed by atoms with van der Waals surface area (Å²) in [6, 6.07) is 8.71. The molecule has 0 aliphatic carbocycles. The highest BCUT2D eigenvalue weighted by molar-refractivity contribution is 5.97. The Hall–Kier alpha value is -1.65. The fourth-order valence-corrected chi connectivity index (χ4v) is 1.43. The van der Waals surface area contributed by atoms with Gasteiger partial charge in [-0.05, 0) is 12.5 Å². The van der Waals surface area contributed by atoms with Crippen molar-refractivity contribution in [3.8, 4) is 0 Å². The molecule has 0 saturated carbocycles. The third-order valence-corrected chi connectivity index (χ3v) is 2.45. The average Bonchev–Trinajstić information content (AvgIpc) is 2.37. The van der Waals surface area contributed by atoms with Crippen LogP contribution in [0.3, 0.4) is 0 Å². The Morgan fingerprint density at radius 3 is 2.41 bits per heavy atom. The highest BCUT2D eigenvalue weighted by Crippen LogP contribution is 2.13. The molecule has 0 spiro atoms. The van der Waals surface area contributed by atoms with Gasteiger partial charge in [0.05, 0.1) is 6.61 Å². The van der Waals surface area contributed by atoms with E-state index in [0.717, 1.165) is 0 Å². The maximum Gasteiger partial charge on any atom is 0.167 e. The number of hydrogen-bond acceptors (Lipinski definition) is 4. The molecule has 1 rings (SSSR count). The standard InChI is InChI=1S/C13H16O4/c1-9(13(17)12(16)8-14)7-11(15)10-5-3-2-4-6-10/h2-6,12,14,16-17H,7-8H2,1H3/b13-9-. The van der Waals surface area contributed by atoms with Crippen LogP contribution in [0, 0.1) is 0 Å². The number of Topliss-reactive ketones (excluding diaryl/α,β-unsaturated/α-hetero) is 1. The lowest BCUT2D eigenvalue weighted by Crippen LogP contribution is -2.17. The summed E-state index contributed by atoms with van der Waals surface area (Å²) in [6.45, 7) is 0.984. The van der Waals surface area contributed by atoms with Gasteiger partial charge in [-0.1, -0.05) is 30.3 Å². The minimum Gasteiger partial charge on any atom is -0.510 e. The van der Waals surface area contributed by atoms with E-state index >= 15 is 0 Å². The van der Waals surface area contributed by atoms with E-state index in [4.69, 9.17) is 5.11 Å². The zero-order valence-electron chi connectivity index (χ0n) is 9.63. The van der Waals surface area contributed by atoms with E-state index in [1.807, 2.05) is 6.07 Å². The van der Waals surface area contributed by atoms with Gasteiger partial charge in [-0.25, -0.2) is 0 Å². The molecular weight excluding hydrogens is 220 g/mol. The van der Waals surface area contributed by atoms with Gasteiger partial charge in [-0.2, -0.15) is 0 Å². The first-order valence-electron chi connectivity index (χ1n) is 5.32. The minimum atomic E-state index is -1.32. The summed E-state index contributed by atoms with van der Waals surface area (Å²) in [7, 11) is 0. The highest BCUT2D eigenvalue weighted by Gasteiger charge is 2.14. The summed E-state index contributed by atoms with van der Waals surface area (Å²) in [4.78, 5) is 11.8. The van der Waals surface area contributed by atoms with Crippen molar-refractivity contribution in [3.05, 3.63) is 47.2 Å². The van der Waals surface area contributed by atoms with E-state index in [-0.39, 0.29) is 18.0 Å². The molecule has 0 heterocycles. The minimum absolute atomic E-state index is 0.0207. The van der Waals surface area contributed by atoms with E-state index in [0.29, 0.717) is 11.1 Å². The van der Waals surface area contributed by atoms with Crippen molar-refractivity contribution in [2.75, 3.05) is 6.61 Å². The zero-order chi connectivity index (χ0) is 12.8. The van der Waals surface area contributed by atoms with Crippen molar-refractivity contribution in [2.24, 2.45) is 0 Å². The van der Waals surface area contributed by atoms with Gasteiger partial charge in [0, 0.05) is 12.0 Å². The number of rotatable bonds is 5. The molecule has 0 aliphatic rings. The highest BCUT2D eigenvalue weighted by atomic mass is 16.3. The molecule has 4 heteroatoms. The quantitative estimate of drug-likeness (QED) is 0.534. The van der Waals surface area contributed by atoms with Crippen molar-refractivity contribution in [3.63, 3.8) is 0 Å². The number of benzene rings is 1. The molecule has 0 bridgehead atoms. The topological polar surface area (TPSA) is 77.8 Å². The molecule has 3 N–H and O–H groups in total. The van der Waals surface area contributed by atoms with E-state index < -0.39 is 12.7 Å². The maximum absolute atomic E-state index is 11.8. The Bertz CT molecular complexity index is 409. The van der Waals surface area contributed by atoms with Crippen LogP contribution in [-0.4, -0.2) is 33.8 Å². The average molecular weight is 236 g/mol. The fourth-order valence-electron chi connectivity index (χ4n) is 1.43. The van der Waals surface area contributed by atoms with Gasteiger partial charge in [0.15, 0.2) is 5.78 Å². The lowest BCUT2D eigenvalue weighted by molar-refractivity contribution is 0.0841. The molecule has 1 unspecified atom stereocenters. The Balaban J connectivity index is 2.76. The van der Waals surface area contributed by atoms with Gasteiger partial charge in [0.25, 0.3) is 0 Å². The van der Waals surface area contributed by atoms with Crippen LogP contribution in [0.4, 0.5) is 0 Å². The summed E-state index contributed by atoms with van der Waals surface area (Å²) >= 11 is 0. The molecule has 1 aromatic rings. The molecule has 0 aromatic heterocycles. The van der Waals surface area contributed by atoms with E-state index in [2.05, 4.69) is 0 Å². The molecule has 1 atom stereocenters. The van der Waals surface area contributed by atoms with Crippen LogP contribution in [-0.2, 0) is 0 Å². The summed E-state index contributed by atoms with van der Waals surface area (Å²) < 4.78 is 0. The van der Waals surface area contributed by atoms with Crippen LogP contribution < -0.4 is 0 Å². The van der Waals surface area contributed by atoms with Crippen LogP contribution in [0.2, 0.25) is 0 Å². The van der Waals surface area contributed by atoms with Crippen molar-refractivity contribution in [2.45, 2.75) is 19.4 Å². The van der Waals surface area contributed by atoms with E-state index in [9.17, 15) is 15.0 Å². The van der Waals surface area contributed by atoms with Crippen molar-refractivity contribution in [1.29, 1.82) is 0 Å². The second-order valence-corrected chi connectivity index (χ2v) is 3.83. The maximum atomic E-state index is 11.8. The SMILES string of the molecule is C/C(CC(=O)c1ccccc1)=C(/O)C(O)CO. The number of allylic oxidation sites excluding steroid dienone is 1. The number of ketones is 1. The monoisotopic (exact) mass is 236 g/mol. The first kappa shape index (κ1) is 13.4. The predicted octanol–water partition coefficient (Wildman–Crippen LogP) is 1.44. The van der Waals surface area contributed by atoms with Gasteiger partial charge in [-0.3, -0.25) is 4.79 Å². The van der Waals surface area contributed by atoms with Gasteiger partial charge >= 0.3 is 0 Å². The van der Waals surface area contributed by atoms with Crippen LogP contribution in [0.25, 0.3) is 0 Å². The van der Waals surface area contributed by atoms with Crippen molar-refractivity contribution < 1.29 is 20.1 Å². The smallest absolute Gasteiger partial charge is 0.167 e. The zero-order valence-corrected chi connectivity index (χ0v) is 9.63. The largest absolute Gasteiger partial charge is 0.510 e. The van der Waals surface area contributed by atoms with Crippen LogP contribution >= 0.6 is 0 Å². The van der Waals surface area contributed by atoms with Crippen LogP contribution in [0.5, 0.6) is 0 Å². The number of carbonyl (C=O) groups excluding carboxylic acids is 1. The summed E-state index contributed by atoms with van der Waals surface area (Å²) in [6.07, 6.45) is -1.30. The Morgan fingerprint density at radius 1 is 1.29 bits per heavy atom. The third-order valence-electron chi connectivity index (χ3n) is 2.45. The number of aliphatic hydroxyl groups excluding tert-OH is 3. The first-order valence-corrected chi connectivity index (χ1v) is 5.32. The third kappa shape index (κ3) is 3.69. The first-order chi connectivity index (χ1) is 8.06. The van der Waals surface area contributed by atoms with Gasteiger partial charge in [-0.15, -0.1) is 0 Å². The molecule has 92 valence electrons. The lowest BCUT2D eigenvalue weighted by atomic mass is 10.0. The van der Waals surface area contributed by atoms with Gasteiger partial charge < -0.3 is 15.3 Å². The predicted molar refractivity (Wildman–Crippen MR) is 63.8 cm³/mol. The van der Waals surface area contributed by atoms with Crippen LogP contribution in [0.1, 0.15) is 23.7 Å². The fraction of sp³-hybridized carbons (Fsp3) is 0.308. The lowest BCUT2D eigenvalue weighted by Gasteiger charge is -2.10. The number of carbonyl (C=O) groups is 1. The molecular formula is C13H16O4. The normalized spacial score (nSPS) is 14.1. The van der Waals surface area contributed by atoms with Gasteiger partial charge in [0.1, 0.15) is 11.9 Å². The molecule has 0 aliphatic heterocycles. The second-order valence-electron chi connectivity index (χ2n) is 3.83. The molecule has 0 saturated heterocycles. The second kappa shape index (κ2) is 6.18. The molecule has 4 nitrogen and oxygen atoms in total. The van der Waals surface area contributed by atoms with Crippen molar-refractivity contribution in [1.82, 2.24) is 0 Å². The van der Waals surface area contributed by atoms with Crippen molar-refractivity contribution >= 4 is 5.78 Å². The number of hydrogen-bond donors (Lipinski definition) is 3. The van der Waals surface area contributed by atoms with Gasteiger partial charge in [0.2, 0.25) is 0 Å².